The highest BCUT2D eigenvalue weighted by Crippen LogP contribution is 2.37. The van der Waals surface area contributed by atoms with Gasteiger partial charge in [0.1, 0.15) is 0 Å². The van der Waals surface area contributed by atoms with Crippen LogP contribution in [-0.4, -0.2) is 42.4 Å². The van der Waals surface area contributed by atoms with Crippen LogP contribution in [0.4, 0.5) is 0 Å². The van der Waals surface area contributed by atoms with Gasteiger partial charge in [-0.25, -0.2) is 0 Å². The predicted molar refractivity (Wildman–Crippen MR) is 78.3 cm³/mol. The molecule has 0 aromatic heterocycles. The number of hydrogen-bond donors (Lipinski definition) is 1. The van der Waals surface area contributed by atoms with E-state index >= 15 is 0 Å². The number of thioether (sulfide) groups is 1. The highest BCUT2D eigenvalue weighted by Gasteiger charge is 2.27. The Labute approximate surface area is 114 Å². The summed E-state index contributed by atoms with van der Waals surface area (Å²) in [6.45, 7) is 7.09. The van der Waals surface area contributed by atoms with Crippen molar-refractivity contribution in [3.05, 3.63) is 29.8 Å². The number of fused-ring (bicyclic) bond motifs is 1. The molecule has 2 nitrogen and oxygen atoms in total. The summed E-state index contributed by atoms with van der Waals surface area (Å²) in [6.07, 6.45) is 2.57. The Morgan fingerprint density at radius 2 is 2.28 bits per heavy atom. The maximum atomic E-state index is 3.48. The van der Waals surface area contributed by atoms with Gasteiger partial charge in [-0.3, -0.25) is 4.90 Å². The highest BCUT2D eigenvalue weighted by atomic mass is 32.2. The van der Waals surface area contributed by atoms with Crippen molar-refractivity contribution in [1.82, 2.24) is 10.2 Å². The summed E-state index contributed by atoms with van der Waals surface area (Å²) in [5, 5.41) is 4.23. The molecule has 1 fully saturated rings. The van der Waals surface area contributed by atoms with Gasteiger partial charge in [-0.15, -0.1) is 11.8 Å². The smallest absolute Gasteiger partial charge is 0.0263 e. The van der Waals surface area contributed by atoms with Crippen LogP contribution in [0.15, 0.2) is 29.2 Å². The minimum absolute atomic E-state index is 0.753. The Kier molecular flexibility index (Phi) is 3.92. The maximum absolute atomic E-state index is 3.48. The van der Waals surface area contributed by atoms with Crippen molar-refractivity contribution in [2.75, 3.05) is 26.2 Å². The standard InChI is InChI=1S/C15H22N2S/c1-2-17(13-7-8-16-10-13)11-14-9-12-5-3-4-6-15(12)18-14/h3-6,13-14,16H,2,7-11H2,1H3. The first-order valence-electron chi connectivity index (χ1n) is 7.06. The first kappa shape index (κ1) is 12.5. The fourth-order valence-corrected chi connectivity index (χ4v) is 4.45. The summed E-state index contributed by atoms with van der Waals surface area (Å²) in [4.78, 5) is 4.17. The van der Waals surface area contributed by atoms with Gasteiger partial charge in [0.25, 0.3) is 0 Å². The van der Waals surface area contributed by atoms with Gasteiger partial charge < -0.3 is 5.32 Å². The fourth-order valence-electron chi connectivity index (χ4n) is 3.10. The van der Waals surface area contributed by atoms with E-state index in [2.05, 4.69) is 53.2 Å². The van der Waals surface area contributed by atoms with Crippen molar-refractivity contribution in [2.24, 2.45) is 0 Å². The molecule has 0 saturated carbocycles. The van der Waals surface area contributed by atoms with Gasteiger partial charge in [-0.05, 0) is 37.6 Å². The molecular weight excluding hydrogens is 240 g/mol. The zero-order valence-electron chi connectivity index (χ0n) is 11.1. The van der Waals surface area contributed by atoms with Crippen molar-refractivity contribution in [1.29, 1.82) is 0 Å². The zero-order valence-corrected chi connectivity index (χ0v) is 11.9. The van der Waals surface area contributed by atoms with E-state index in [0.717, 1.165) is 11.3 Å². The lowest BCUT2D eigenvalue weighted by atomic mass is 10.1. The van der Waals surface area contributed by atoms with Crippen molar-refractivity contribution >= 4 is 11.8 Å². The van der Waals surface area contributed by atoms with Gasteiger partial charge in [0.05, 0.1) is 0 Å². The lowest BCUT2D eigenvalue weighted by Gasteiger charge is -2.29. The SMILES string of the molecule is CCN(CC1Cc2ccccc2S1)C1CCNC1. The van der Waals surface area contributed by atoms with E-state index < -0.39 is 0 Å². The fraction of sp³-hybridized carbons (Fsp3) is 0.600. The van der Waals surface area contributed by atoms with Gasteiger partial charge >= 0.3 is 0 Å². The van der Waals surface area contributed by atoms with Crippen LogP contribution >= 0.6 is 11.8 Å². The minimum Gasteiger partial charge on any atom is -0.315 e. The largest absolute Gasteiger partial charge is 0.315 e. The highest BCUT2D eigenvalue weighted by molar-refractivity contribution is 8.00. The van der Waals surface area contributed by atoms with E-state index in [9.17, 15) is 0 Å². The van der Waals surface area contributed by atoms with Crippen LogP contribution in [0.2, 0.25) is 0 Å². The van der Waals surface area contributed by atoms with Crippen LogP contribution in [0, 0.1) is 0 Å². The van der Waals surface area contributed by atoms with E-state index in [-0.39, 0.29) is 0 Å². The molecule has 0 bridgehead atoms. The quantitative estimate of drug-likeness (QED) is 0.897. The molecule has 1 aromatic carbocycles. The Balaban J connectivity index is 1.60. The topological polar surface area (TPSA) is 15.3 Å². The molecule has 2 aliphatic rings. The maximum Gasteiger partial charge on any atom is 0.0263 e. The molecule has 2 aliphatic heterocycles. The van der Waals surface area contributed by atoms with E-state index in [1.807, 2.05) is 0 Å². The third kappa shape index (κ3) is 2.58. The first-order chi connectivity index (χ1) is 8.86. The normalized spacial score (nSPS) is 26.8. The Morgan fingerprint density at radius 1 is 1.39 bits per heavy atom. The average Bonchev–Trinajstić information content (AvgIpc) is 3.04. The summed E-state index contributed by atoms with van der Waals surface area (Å²) < 4.78 is 0. The van der Waals surface area contributed by atoms with E-state index in [0.29, 0.717) is 0 Å². The van der Waals surface area contributed by atoms with Crippen LogP contribution in [0.25, 0.3) is 0 Å². The molecule has 2 unspecified atom stereocenters. The van der Waals surface area contributed by atoms with Crippen molar-refractivity contribution in [3.8, 4) is 0 Å². The molecular formula is C15H22N2S. The molecule has 0 amide bonds. The second kappa shape index (κ2) is 5.64. The van der Waals surface area contributed by atoms with Crippen molar-refractivity contribution in [3.63, 3.8) is 0 Å². The van der Waals surface area contributed by atoms with Crippen molar-refractivity contribution < 1.29 is 0 Å². The van der Waals surface area contributed by atoms with Crippen LogP contribution in [0.5, 0.6) is 0 Å². The van der Waals surface area contributed by atoms with Gasteiger partial charge in [-0.1, -0.05) is 25.1 Å². The number of benzene rings is 1. The lowest BCUT2D eigenvalue weighted by molar-refractivity contribution is 0.220. The van der Waals surface area contributed by atoms with Gasteiger partial charge in [0.2, 0.25) is 0 Å². The Morgan fingerprint density at radius 3 is 3.00 bits per heavy atom. The number of likely N-dealkylation sites (N-methyl/N-ethyl adjacent to an activating group) is 1. The second-order valence-electron chi connectivity index (χ2n) is 5.29. The van der Waals surface area contributed by atoms with Crippen LogP contribution < -0.4 is 5.32 Å². The van der Waals surface area contributed by atoms with E-state index in [1.54, 1.807) is 5.56 Å². The zero-order chi connectivity index (χ0) is 12.4. The number of nitrogens with one attached hydrogen (secondary N) is 1. The predicted octanol–water partition coefficient (Wildman–Crippen LogP) is 2.39. The molecule has 1 N–H and O–H groups in total. The lowest BCUT2D eigenvalue weighted by Crippen LogP contribution is -2.40. The average molecular weight is 262 g/mol. The summed E-state index contributed by atoms with van der Waals surface area (Å²) in [5.41, 5.74) is 1.55. The summed E-state index contributed by atoms with van der Waals surface area (Å²) in [6, 6.07) is 9.65. The van der Waals surface area contributed by atoms with Crippen molar-refractivity contribution in [2.45, 2.75) is 36.0 Å². The number of rotatable bonds is 4. The molecule has 0 radical (unpaired) electrons. The molecule has 1 saturated heterocycles. The number of nitrogens with zero attached hydrogens (tertiary/aromatic N) is 1. The molecule has 98 valence electrons. The van der Waals surface area contributed by atoms with Gasteiger partial charge in [-0.2, -0.15) is 0 Å². The summed E-state index contributed by atoms with van der Waals surface area (Å²) in [7, 11) is 0. The molecule has 18 heavy (non-hydrogen) atoms. The molecule has 2 atom stereocenters. The Hall–Kier alpha value is -0.510. The van der Waals surface area contributed by atoms with Crippen LogP contribution in [-0.2, 0) is 6.42 Å². The van der Waals surface area contributed by atoms with Crippen LogP contribution in [0.3, 0.4) is 0 Å². The van der Waals surface area contributed by atoms with Gasteiger partial charge in [0, 0.05) is 29.3 Å². The minimum atomic E-state index is 0.753. The second-order valence-corrected chi connectivity index (χ2v) is 6.63. The van der Waals surface area contributed by atoms with E-state index in [1.165, 1.54) is 43.9 Å². The molecule has 0 spiro atoms. The first-order valence-corrected chi connectivity index (χ1v) is 7.94. The number of hydrogen-bond acceptors (Lipinski definition) is 3. The molecule has 1 aromatic rings. The van der Waals surface area contributed by atoms with E-state index in [4.69, 9.17) is 0 Å². The monoisotopic (exact) mass is 262 g/mol. The molecule has 3 rings (SSSR count). The third-order valence-corrected chi connectivity index (χ3v) is 5.41. The van der Waals surface area contributed by atoms with Crippen LogP contribution in [0.1, 0.15) is 18.9 Å². The molecule has 3 heteroatoms. The summed E-state index contributed by atoms with van der Waals surface area (Å²) in [5.74, 6) is 0. The molecule has 2 heterocycles. The molecule has 0 aliphatic carbocycles. The van der Waals surface area contributed by atoms with Gasteiger partial charge in [0.15, 0.2) is 0 Å². The third-order valence-electron chi connectivity index (χ3n) is 4.11. The Bertz CT molecular complexity index is 376. The summed E-state index contributed by atoms with van der Waals surface area (Å²) >= 11 is 2.08.